The van der Waals surface area contributed by atoms with Gasteiger partial charge in [0.2, 0.25) is 0 Å². The van der Waals surface area contributed by atoms with Gasteiger partial charge in [-0.15, -0.1) is 0 Å². The van der Waals surface area contributed by atoms with E-state index in [9.17, 15) is 0 Å². The Morgan fingerprint density at radius 1 is 1.13 bits per heavy atom. The van der Waals surface area contributed by atoms with Gasteiger partial charge >= 0.3 is 0 Å². The van der Waals surface area contributed by atoms with Crippen molar-refractivity contribution in [3.8, 4) is 0 Å². The van der Waals surface area contributed by atoms with Gasteiger partial charge in [-0.3, -0.25) is 0 Å². The van der Waals surface area contributed by atoms with Crippen LogP contribution in [0.1, 0.15) is 35.1 Å². The van der Waals surface area contributed by atoms with Crippen LogP contribution in [-0.4, -0.2) is 12.3 Å². The van der Waals surface area contributed by atoms with Gasteiger partial charge in [-0.25, -0.2) is 0 Å². The summed E-state index contributed by atoms with van der Waals surface area (Å²) < 4.78 is 0. The molecule has 1 aromatic rings. The molecule has 0 saturated heterocycles. The smallest absolute Gasteiger partial charge is 0.136 e. The summed E-state index contributed by atoms with van der Waals surface area (Å²) in [6.07, 6.45) is 2.07. The van der Waals surface area contributed by atoms with Gasteiger partial charge in [0.25, 0.3) is 0 Å². The molecule has 2 atom stereocenters. The Morgan fingerprint density at radius 2 is 1.80 bits per heavy atom. The summed E-state index contributed by atoms with van der Waals surface area (Å²) in [5.74, 6) is 0.310. The average molecular weight is 203 g/mol. The maximum atomic E-state index is 5.24. The standard InChI is InChI=1S/C13H17NO/c1-8-5-6-9(2)13(10(8)3)12-7-14-15-11(12)4/h5-7,11-12H,1-4H3. The summed E-state index contributed by atoms with van der Waals surface area (Å²) in [5.41, 5.74) is 5.41. The lowest BCUT2D eigenvalue weighted by atomic mass is 9.86. The van der Waals surface area contributed by atoms with Gasteiger partial charge in [0.1, 0.15) is 6.10 Å². The highest BCUT2D eigenvalue weighted by molar-refractivity contribution is 5.71. The van der Waals surface area contributed by atoms with Gasteiger partial charge < -0.3 is 4.84 Å². The first kappa shape index (κ1) is 10.2. The van der Waals surface area contributed by atoms with E-state index in [1.807, 2.05) is 6.21 Å². The zero-order valence-electron chi connectivity index (χ0n) is 9.74. The van der Waals surface area contributed by atoms with Crippen molar-refractivity contribution in [1.29, 1.82) is 0 Å². The van der Waals surface area contributed by atoms with E-state index in [1.165, 1.54) is 22.3 Å². The van der Waals surface area contributed by atoms with Crippen molar-refractivity contribution in [3.05, 3.63) is 34.4 Å². The minimum atomic E-state index is 0.157. The fraction of sp³-hybridized carbons (Fsp3) is 0.462. The SMILES string of the molecule is Cc1ccc(C)c(C2C=NOC2C)c1C. The molecule has 2 nitrogen and oxygen atoms in total. The molecule has 1 aromatic carbocycles. The summed E-state index contributed by atoms with van der Waals surface area (Å²) in [4.78, 5) is 5.24. The van der Waals surface area contributed by atoms with Crippen LogP contribution in [0, 0.1) is 20.8 Å². The van der Waals surface area contributed by atoms with E-state index < -0.39 is 0 Å². The van der Waals surface area contributed by atoms with Crippen LogP contribution in [0.15, 0.2) is 17.3 Å². The first-order chi connectivity index (χ1) is 7.11. The monoisotopic (exact) mass is 203 g/mol. The molecule has 0 spiro atoms. The molecule has 0 radical (unpaired) electrons. The summed E-state index contributed by atoms with van der Waals surface area (Å²) in [7, 11) is 0. The maximum absolute atomic E-state index is 5.24. The molecule has 1 aliphatic rings. The van der Waals surface area contributed by atoms with Crippen molar-refractivity contribution in [1.82, 2.24) is 0 Å². The predicted molar refractivity (Wildman–Crippen MR) is 62.4 cm³/mol. The lowest BCUT2D eigenvalue weighted by Crippen LogP contribution is -2.15. The van der Waals surface area contributed by atoms with Crippen molar-refractivity contribution in [2.75, 3.05) is 0 Å². The molecule has 2 unspecified atom stereocenters. The lowest BCUT2D eigenvalue weighted by molar-refractivity contribution is 0.0903. The van der Waals surface area contributed by atoms with Crippen molar-refractivity contribution in [3.63, 3.8) is 0 Å². The number of nitrogens with zero attached hydrogens (tertiary/aromatic N) is 1. The second kappa shape index (κ2) is 3.69. The van der Waals surface area contributed by atoms with E-state index in [1.54, 1.807) is 0 Å². The second-order valence-electron chi connectivity index (χ2n) is 4.33. The summed E-state index contributed by atoms with van der Waals surface area (Å²) >= 11 is 0. The molecular formula is C13H17NO. The van der Waals surface area contributed by atoms with Crippen LogP contribution in [0.25, 0.3) is 0 Å². The van der Waals surface area contributed by atoms with Gasteiger partial charge in [-0.1, -0.05) is 17.3 Å². The van der Waals surface area contributed by atoms with Gasteiger partial charge in [0.05, 0.1) is 12.1 Å². The van der Waals surface area contributed by atoms with Crippen LogP contribution >= 0.6 is 0 Å². The minimum Gasteiger partial charge on any atom is -0.392 e. The first-order valence-corrected chi connectivity index (χ1v) is 5.37. The molecule has 0 aliphatic carbocycles. The Balaban J connectivity index is 2.51. The molecule has 0 fully saturated rings. The van der Waals surface area contributed by atoms with Crippen LogP contribution in [-0.2, 0) is 4.84 Å². The average Bonchev–Trinajstić information content (AvgIpc) is 2.60. The quantitative estimate of drug-likeness (QED) is 0.687. The van der Waals surface area contributed by atoms with E-state index in [4.69, 9.17) is 4.84 Å². The molecule has 1 heterocycles. The highest BCUT2D eigenvalue weighted by Crippen LogP contribution is 2.31. The van der Waals surface area contributed by atoms with Gasteiger partial charge in [0.15, 0.2) is 0 Å². The normalized spacial score (nSPS) is 24.3. The predicted octanol–water partition coefficient (Wildman–Crippen LogP) is 3.10. The zero-order chi connectivity index (χ0) is 11.0. The fourth-order valence-corrected chi connectivity index (χ4v) is 2.18. The van der Waals surface area contributed by atoms with Crippen molar-refractivity contribution in [2.45, 2.75) is 39.7 Å². The van der Waals surface area contributed by atoms with E-state index >= 15 is 0 Å². The third-order valence-corrected chi connectivity index (χ3v) is 3.29. The zero-order valence-corrected chi connectivity index (χ0v) is 9.74. The Bertz CT molecular complexity index is 409. The lowest BCUT2D eigenvalue weighted by Gasteiger charge is -2.18. The molecule has 0 saturated carbocycles. The van der Waals surface area contributed by atoms with Crippen molar-refractivity contribution >= 4 is 6.21 Å². The van der Waals surface area contributed by atoms with Crippen LogP contribution in [0.5, 0.6) is 0 Å². The number of aryl methyl sites for hydroxylation is 2. The van der Waals surface area contributed by atoms with Gasteiger partial charge in [0, 0.05) is 0 Å². The molecule has 2 rings (SSSR count). The number of rotatable bonds is 1. The third kappa shape index (κ3) is 1.65. The summed E-state index contributed by atoms with van der Waals surface area (Å²) in [6, 6.07) is 4.35. The highest BCUT2D eigenvalue weighted by atomic mass is 16.6. The largest absolute Gasteiger partial charge is 0.392 e. The van der Waals surface area contributed by atoms with Crippen molar-refractivity contribution < 1.29 is 4.84 Å². The molecule has 0 amide bonds. The Kier molecular flexibility index (Phi) is 2.51. The number of oxime groups is 1. The molecule has 2 heteroatoms. The van der Waals surface area contributed by atoms with Crippen LogP contribution in [0.4, 0.5) is 0 Å². The van der Waals surface area contributed by atoms with E-state index in [0.717, 1.165) is 0 Å². The molecule has 80 valence electrons. The molecular weight excluding hydrogens is 186 g/mol. The molecule has 0 aromatic heterocycles. The summed E-state index contributed by atoms with van der Waals surface area (Å²) in [6.45, 7) is 8.55. The topological polar surface area (TPSA) is 21.6 Å². The first-order valence-electron chi connectivity index (χ1n) is 5.37. The second-order valence-corrected chi connectivity index (χ2v) is 4.33. The number of benzene rings is 1. The van der Waals surface area contributed by atoms with Crippen LogP contribution < -0.4 is 0 Å². The van der Waals surface area contributed by atoms with E-state index in [2.05, 4.69) is 45.0 Å². The highest BCUT2D eigenvalue weighted by Gasteiger charge is 2.26. The fourth-order valence-electron chi connectivity index (χ4n) is 2.18. The number of hydrogen-bond acceptors (Lipinski definition) is 2. The molecule has 0 bridgehead atoms. The summed E-state index contributed by atoms with van der Waals surface area (Å²) in [5, 5.41) is 3.91. The number of hydrogen-bond donors (Lipinski definition) is 0. The van der Waals surface area contributed by atoms with E-state index in [-0.39, 0.29) is 6.10 Å². The maximum Gasteiger partial charge on any atom is 0.136 e. The Hall–Kier alpha value is -1.31. The minimum absolute atomic E-state index is 0.157. The van der Waals surface area contributed by atoms with Crippen LogP contribution in [0.2, 0.25) is 0 Å². The van der Waals surface area contributed by atoms with E-state index in [0.29, 0.717) is 5.92 Å². The Morgan fingerprint density at radius 3 is 2.40 bits per heavy atom. The van der Waals surface area contributed by atoms with Gasteiger partial charge in [-0.05, 0) is 49.9 Å². The molecule has 0 N–H and O–H groups in total. The third-order valence-electron chi connectivity index (χ3n) is 3.29. The van der Waals surface area contributed by atoms with Crippen molar-refractivity contribution in [2.24, 2.45) is 5.16 Å². The Labute approximate surface area is 90.9 Å². The molecule has 15 heavy (non-hydrogen) atoms. The van der Waals surface area contributed by atoms with Crippen LogP contribution in [0.3, 0.4) is 0 Å². The molecule has 1 aliphatic heterocycles. The van der Waals surface area contributed by atoms with Gasteiger partial charge in [-0.2, -0.15) is 0 Å².